The average Bonchev–Trinajstić information content (AvgIpc) is 3.02. The summed E-state index contributed by atoms with van der Waals surface area (Å²) in [5.74, 6) is -0.244. The van der Waals surface area contributed by atoms with Crippen molar-refractivity contribution in [1.82, 2.24) is 10.2 Å². The van der Waals surface area contributed by atoms with E-state index in [1.165, 1.54) is 11.2 Å². The summed E-state index contributed by atoms with van der Waals surface area (Å²) in [6.45, 7) is 7.66. The molecule has 1 aromatic heterocycles. The van der Waals surface area contributed by atoms with E-state index in [1.54, 1.807) is 13.1 Å². The Balaban J connectivity index is 2.33. The van der Waals surface area contributed by atoms with Crippen molar-refractivity contribution in [3.05, 3.63) is 45.9 Å². The van der Waals surface area contributed by atoms with Crippen LogP contribution in [0.25, 0.3) is 11.1 Å². The first-order valence-electron chi connectivity index (χ1n) is 8.63. The van der Waals surface area contributed by atoms with Gasteiger partial charge in [0.25, 0.3) is 5.91 Å². The molecule has 0 aliphatic rings. The van der Waals surface area contributed by atoms with E-state index in [4.69, 9.17) is 4.42 Å². The van der Waals surface area contributed by atoms with Crippen LogP contribution in [-0.4, -0.2) is 35.8 Å². The van der Waals surface area contributed by atoms with Gasteiger partial charge in [-0.1, -0.05) is 26.0 Å². The highest BCUT2D eigenvalue weighted by molar-refractivity contribution is 14.1. The average molecular weight is 468 g/mol. The van der Waals surface area contributed by atoms with Crippen molar-refractivity contribution >= 4 is 34.4 Å². The lowest BCUT2D eigenvalue weighted by Gasteiger charge is -2.30. The van der Waals surface area contributed by atoms with Gasteiger partial charge in [0.1, 0.15) is 6.04 Å². The lowest BCUT2D eigenvalue weighted by Crippen LogP contribution is -2.51. The summed E-state index contributed by atoms with van der Waals surface area (Å²) in [6.07, 6.45) is 1.51. The maximum absolute atomic E-state index is 13.1. The molecule has 2 rings (SSSR count). The van der Waals surface area contributed by atoms with Gasteiger partial charge >= 0.3 is 0 Å². The first-order chi connectivity index (χ1) is 12.2. The second-order valence-electron chi connectivity index (χ2n) is 6.94. The van der Waals surface area contributed by atoms with Gasteiger partial charge < -0.3 is 14.6 Å². The maximum Gasteiger partial charge on any atom is 0.290 e. The van der Waals surface area contributed by atoms with Crippen molar-refractivity contribution in [2.45, 2.75) is 39.8 Å². The standard InChI is InChI=1S/C20H25IN2O3/c1-12(2)17(19(24)22-13(3)4)23(5)20(25)18-16(9-10-26-18)14-7-6-8-15(21)11-14/h6-13,17H,1-5H3,(H,22,24). The molecule has 1 unspecified atom stereocenters. The Labute approximate surface area is 168 Å². The number of hydrogen-bond donors (Lipinski definition) is 1. The number of nitrogens with zero attached hydrogens (tertiary/aromatic N) is 1. The first kappa shape index (κ1) is 20.5. The normalized spacial score (nSPS) is 12.3. The van der Waals surface area contributed by atoms with E-state index in [2.05, 4.69) is 27.9 Å². The fraction of sp³-hybridized carbons (Fsp3) is 0.400. The highest BCUT2D eigenvalue weighted by Gasteiger charge is 2.32. The summed E-state index contributed by atoms with van der Waals surface area (Å²) in [5.41, 5.74) is 1.64. The molecule has 0 aliphatic heterocycles. The van der Waals surface area contributed by atoms with Crippen LogP contribution >= 0.6 is 22.6 Å². The number of amides is 2. The molecule has 1 atom stereocenters. The molecule has 1 aromatic carbocycles. The van der Waals surface area contributed by atoms with E-state index in [9.17, 15) is 9.59 Å². The summed E-state index contributed by atoms with van der Waals surface area (Å²) in [4.78, 5) is 27.1. The third-order valence-corrected chi connectivity index (χ3v) is 4.73. The third-order valence-electron chi connectivity index (χ3n) is 4.06. The molecule has 0 aliphatic carbocycles. The van der Waals surface area contributed by atoms with Crippen LogP contribution in [0.2, 0.25) is 0 Å². The zero-order chi connectivity index (χ0) is 19.4. The molecule has 0 saturated carbocycles. The number of halogens is 1. The molecule has 1 heterocycles. The van der Waals surface area contributed by atoms with Crippen molar-refractivity contribution in [3.63, 3.8) is 0 Å². The summed E-state index contributed by atoms with van der Waals surface area (Å²) in [5, 5.41) is 2.89. The Bertz CT molecular complexity index is 783. The van der Waals surface area contributed by atoms with E-state index < -0.39 is 6.04 Å². The highest BCUT2D eigenvalue weighted by atomic mass is 127. The Morgan fingerprint density at radius 3 is 2.42 bits per heavy atom. The van der Waals surface area contributed by atoms with Gasteiger partial charge in [0.05, 0.1) is 6.26 Å². The maximum atomic E-state index is 13.1. The molecule has 0 fully saturated rings. The number of rotatable bonds is 6. The minimum absolute atomic E-state index is 0.0119. The molecule has 26 heavy (non-hydrogen) atoms. The number of nitrogens with one attached hydrogen (secondary N) is 1. The molecule has 0 bridgehead atoms. The Morgan fingerprint density at radius 2 is 1.85 bits per heavy atom. The molecule has 1 N–H and O–H groups in total. The molecule has 140 valence electrons. The van der Waals surface area contributed by atoms with Gasteiger partial charge in [-0.05, 0) is 66.1 Å². The number of furan rings is 1. The largest absolute Gasteiger partial charge is 0.459 e. The van der Waals surface area contributed by atoms with Crippen LogP contribution in [-0.2, 0) is 4.79 Å². The summed E-state index contributed by atoms with van der Waals surface area (Å²) in [6, 6.07) is 9.09. The quantitative estimate of drug-likeness (QED) is 0.648. The van der Waals surface area contributed by atoms with Gasteiger partial charge in [0.2, 0.25) is 5.91 Å². The van der Waals surface area contributed by atoms with Gasteiger partial charge in [0, 0.05) is 22.2 Å². The van der Waals surface area contributed by atoms with Crippen molar-refractivity contribution in [1.29, 1.82) is 0 Å². The van der Waals surface area contributed by atoms with Crippen molar-refractivity contribution in [2.24, 2.45) is 5.92 Å². The second-order valence-corrected chi connectivity index (χ2v) is 8.19. The van der Waals surface area contributed by atoms with Crippen LogP contribution in [0.1, 0.15) is 38.2 Å². The Morgan fingerprint density at radius 1 is 1.15 bits per heavy atom. The predicted octanol–water partition coefficient (Wildman–Crippen LogP) is 4.17. The lowest BCUT2D eigenvalue weighted by molar-refractivity contribution is -0.127. The molecule has 0 saturated heterocycles. The van der Waals surface area contributed by atoms with Crippen LogP contribution in [0.4, 0.5) is 0 Å². The molecular weight excluding hydrogens is 443 g/mol. The molecular formula is C20H25IN2O3. The molecule has 0 radical (unpaired) electrons. The fourth-order valence-electron chi connectivity index (χ4n) is 2.94. The number of benzene rings is 1. The van der Waals surface area contributed by atoms with E-state index in [-0.39, 0.29) is 29.5 Å². The Hall–Kier alpha value is -1.83. The molecule has 5 nitrogen and oxygen atoms in total. The Kier molecular flexibility index (Phi) is 6.86. The van der Waals surface area contributed by atoms with Crippen LogP contribution in [0.5, 0.6) is 0 Å². The number of hydrogen-bond acceptors (Lipinski definition) is 3. The molecule has 2 amide bonds. The fourth-order valence-corrected chi connectivity index (χ4v) is 3.48. The molecule has 0 spiro atoms. The molecule has 6 heteroatoms. The predicted molar refractivity (Wildman–Crippen MR) is 111 cm³/mol. The van der Waals surface area contributed by atoms with Gasteiger partial charge in [-0.2, -0.15) is 0 Å². The monoisotopic (exact) mass is 468 g/mol. The van der Waals surface area contributed by atoms with Crippen LogP contribution in [0, 0.1) is 9.49 Å². The van der Waals surface area contributed by atoms with E-state index in [1.807, 2.05) is 52.0 Å². The minimum Gasteiger partial charge on any atom is -0.459 e. The van der Waals surface area contributed by atoms with E-state index in [0.717, 1.165) is 14.7 Å². The SMILES string of the molecule is CC(C)NC(=O)C(C(C)C)N(C)C(=O)c1occc1-c1cccc(I)c1. The number of likely N-dealkylation sites (N-methyl/N-ethyl adjacent to an activating group) is 1. The minimum atomic E-state index is -0.571. The smallest absolute Gasteiger partial charge is 0.290 e. The summed E-state index contributed by atoms with van der Waals surface area (Å²) < 4.78 is 6.58. The van der Waals surface area contributed by atoms with E-state index in [0.29, 0.717) is 0 Å². The van der Waals surface area contributed by atoms with E-state index >= 15 is 0 Å². The van der Waals surface area contributed by atoms with Gasteiger partial charge in [-0.25, -0.2) is 0 Å². The van der Waals surface area contributed by atoms with Crippen molar-refractivity contribution < 1.29 is 14.0 Å². The number of carbonyl (C=O) groups is 2. The van der Waals surface area contributed by atoms with Crippen LogP contribution in [0.15, 0.2) is 41.0 Å². The van der Waals surface area contributed by atoms with Gasteiger partial charge in [-0.3, -0.25) is 9.59 Å². The zero-order valence-electron chi connectivity index (χ0n) is 15.7. The second kappa shape index (κ2) is 8.70. The summed E-state index contributed by atoms with van der Waals surface area (Å²) in [7, 11) is 1.65. The van der Waals surface area contributed by atoms with Crippen molar-refractivity contribution in [3.8, 4) is 11.1 Å². The molecule has 2 aromatic rings. The third kappa shape index (κ3) is 4.66. The number of carbonyl (C=O) groups excluding carboxylic acids is 2. The lowest BCUT2D eigenvalue weighted by atomic mass is 10.00. The van der Waals surface area contributed by atoms with Gasteiger partial charge in [0.15, 0.2) is 5.76 Å². The van der Waals surface area contributed by atoms with Crippen molar-refractivity contribution in [2.75, 3.05) is 7.05 Å². The van der Waals surface area contributed by atoms with Gasteiger partial charge in [-0.15, -0.1) is 0 Å². The first-order valence-corrected chi connectivity index (χ1v) is 9.71. The highest BCUT2D eigenvalue weighted by Crippen LogP contribution is 2.28. The summed E-state index contributed by atoms with van der Waals surface area (Å²) >= 11 is 2.23. The van der Waals surface area contributed by atoms with Crippen LogP contribution < -0.4 is 5.32 Å². The topological polar surface area (TPSA) is 62.6 Å². The van der Waals surface area contributed by atoms with Crippen LogP contribution in [0.3, 0.4) is 0 Å². The zero-order valence-corrected chi connectivity index (χ0v) is 17.9.